The van der Waals surface area contributed by atoms with Crippen LogP contribution in [0.15, 0.2) is 10.2 Å². The van der Waals surface area contributed by atoms with E-state index in [1.807, 2.05) is 13.8 Å². The SMILES string of the molecule is CC(=NNC(=O)C(=O)NN=C(C)C1CC2CCC1C2)C1CC2CCC1C2. The molecule has 6 unspecified atom stereocenters. The Labute approximate surface area is 155 Å². The zero-order valence-corrected chi connectivity index (χ0v) is 15.8. The second-order valence-corrected chi connectivity index (χ2v) is 8.95. The summed E-state index contributed by atoms with van der Waals surface area (Å²) in [5, 5.41) is 8.38. The van der Waals surface area contributed by atoms with Crippen LogP contribution in [0.3, 0.4) is 0 Å². The minimum Gasteiger partial charge on any atom is -0.262 e. The van der Waals surface area contributed by atoms with E-state index in [0.717, 1.165) is 23.3 Å². The molecule has 26 heavy (non-hydrogen) atoms. The first-order valence-corrected chi connectivity index (χ1v) is 10.2. The van der Waals surface area contributed by atoms with Gasteiger partial charge in [-0.25, -0.2) is 10.9 Å². The van der Waals surface area contributed by atoms with E-state index < -0.39 is 11.8 Å². The number of amides is 2. The molecule has 4 bridgehead atoms. The first-order valence-electron chi connectivity index (χ1n) is 10.2. The molecule has 4 saturated carbocycles. The zero-order valence-electron chi connectivity index (χ0n) is 15.8. The van der Waals surface area contributed by atoms with Crippen LogP contribution in [0.25, 0.3) is 0 Å². The van der Waals surface area contributed by atoms with E-state index in [0.29, 0.717) is 23.7 Å². The molecule has 4 rings (SSSR count). The molecule has 6 heteroatoms. The van der Waals surface area contributed by atoms with Gasteiger partial charge in [0.15, 0.2) is 0 Å². The molecule has 0 saturated heterocycles. The molecule has 2 N–H and O–H groups in total. The molecule has 0 aromatic carbocycles. The molecule has 4 aliphatic carbocycles. The fraction of sp³-hybridized carbons (Fsp3) is 0.800. The summed E-state index contributed by atoms with van der Waals surface area (Å²) in [7, 11) is 0. The van der Waals surface area contributed by atoms with Crippen molar-refractivity contribution < 1.29 is 9.59 Å². The van der Waals surface area contributed by atoms with Crippen molar-refractivity contribution in [1.82, 2.24) is 10.9 Å². The number of carbonyl (C=O) groups excluding carboxylic acids is 2. The fourth-order valence-corrected chi connectivity index (χ4v) is 6.06. The Balaban J connectivity index is 1.26. The van der Waals surface area contributed by atoms with Crippen molar-refractivity contribution in [2.24, 2.45) is 45.7 Å². The Bertz CT molecular complexity index is 600. The van der Waals surface area contributed by atoms with E-state index in [1.165, 1.54) is 51.4 Å². The van der Waals surface area contributed by atoms with Crippen molar-refractivity contribution in [3.05, 3.63) is 0 Å². The van der Waals surface area contributed by atoms with Crippen molar-refractivity contribution in [2.75, 3.05) is 0 Å². The van der Waals surface area contributed by atoms with Crippen molar-refractivity contribution >= 4 is 23.2 Å². The maximum Gasteiger partial charge on any atom is 0.331 e. The molecule has 6 atom stereocenters. The monoisotopic (exact) mass is 358 g/mol. The summed E-state index contributed by atoms with van der Waals surface area (Å²) in [6.45, 7) is 3.92. The van der Waals surface area contributed by atoms with Crippen molar-refractivity contribution in [3.8, 4) is 0 Å². The van der Waals surface area contributed by atoms with Crippen LogP contribution in [-0.2, 0) is 9.59 Å². The number of rotatable bonds is 4. The van der Waals surface area contributed by atoms with E-state index in [1.54, 1.807) is 0 Å². The van der Waals surface area contributed by atoms with Gasteiger partial charge >= 0.3 is 11.8 Å². The number of hydrogen-bond donors (Lipinski definition) is 2. The van der Waals surface area contributed by atoms with Crippen LogP contribution < -0.4 is 10.9 Å². The largest absolute Gasteiger partial charge is 0.331 e. The quantitative estimate of drug-likeness (QED) is 0.460. The highest BCUT2D eigenvalue weighted by atomic mass is 16.2. The van der Waals surface area contributed by atoms with Gasteiger partial charge in [-0.05, 0) is 76.0 Å². The van der Waals surface area contributed by atoms with Crippen LogP contribution in [0.5, 0.6) is 0 Å². The second-order valence-electron chi connectivity index (χ2n) is 8.95. The van der Waals surface area contributed by atoms with Gasteiger partial charge in [-0.2, -0.15) is 10.2 Å². The van der Waals surface area contributed by atoms with E-state index >= 15 is 0 Å². The molecule has 4 fully saturated rings. The first-order chi connectivity index (χ1) is 12.5. The van der Waals surface area contributed by atoms with Crippen LogP contribution in [0, 0.1) is 35.5 Å². The lowest BCUT2D eigenvalue weighted by atomic mass is 9.86. The predicted molar refractivity (Wildman–Crippen MR) is 100 cm³/mol. The summed E-state index contributed by atoms with van der Waals surface area (Å²) in [6.07, 6.45) is 10.2. The average molecular weight is 358 g/mol. The molecule has 2 amide bonds. The zero-order chi connectivity index (χ0) is 18.3. The van der Waals surface area contributed by atoms with E-state index in [4.69, 9.17) is 0 Å². The van der Waals surface area contributed by atoms with E-state index in [-0.39, 0.29) is 0 Å². The number of hydrogen-bond acceptors (Lipinski definition) is 4. The molecule has 142 valence electrons. The van der Waals surface area contributed by atoms with Crippen LogP contribution in [-0.4, -0.2) is 23.2 Å². The van der Waals surface area contributed by atoms with E-state index in [9.17, 15) is 9.59 Å². The molecule has 0 aromatic heterocycles. The molecule has 0 heterocycles. The molecule has 0 aliphatic heterocycles. The molecule has 0 radical (unpaired) electrons. The van der Waals surface area contributed by atoms with Gasteiger partial charge in [-0.1, -0.05) is 12.8 Å². The average Bonchev–Trinajstić information content (AvgIpc) is 3.43. The summed E-state index contributed by atoms with van der Waals surface area (Å²) in [5.74, 6) is 2.54. The lowest BCUT2D eigenvalue weighted by molar-refractivity contribution is -0.139. The van der Waals surface area contributed by atoms with Crippen LogP contribution in [0.2, 0.25) is 0 Å². The molecule has 6 nitrogen and oxygen atoms in total. The number of nitrogens with zero attached hydrogens (tertiary/aromatic N) is 2. The maximum absolute atomic E-state index is 12.0. The van der Waals surface area contributed by atoms with Crippen molar-refractivity contribution in [2.45, 2.75) is 65.2 Å². The van der Waals surface area contributed by atoms with Gasteiger partial charge in [0.25, 0.3) is 0 Å². The normalized spacial score (nSPS) is 38.7. The van der Waals surface area contributed by atoms with Crippen LogP contribution >= 0.6 is 0 Å². The van der Waals surface area contributed by atoms with Gasteiger partial charge in [-0.3, -0.25) is 9.59 Å². The maximum atomic E-state index is 12.0. The van der Waals surface area contributed by atoms with Gasteiger partial charge in [0.1, 0.15) is 0 Å². The molecule has 0 aromatic rings. The topological polar surface area (TPSA) is 82.9 Å². The third kappa shape index (κ3) is 3.42. The summed E-state index contributed by atoms with van der Waals surface area (Å²) >= 11 is 0. The molecular weight excluding hydrogens is 328 g/mol. The van der Waals surface area contributed by atoms with Crippen molar-refractivity contribution in [3.63, 3.8) is 0 Å². The Morgan fingerprint density at radius 3 is 1.42 bits per heavy atom. The second kappa shape index (κ2) is 7.12. The number of nitrogens with one attached hydrogen (secondary N) is 2. The minimum atomic E-state index is -0.739. The Kier molecular flexibility index (Phi) is 4.84. The minimum absolute atomic E-state index is 0.468. The summed E-state index contributed by atoms with van der Waals surface area (Å²) in [6, 6.07) is 0. The Morgan fingerprint density at radius 1 is 0.692 bits per heavy atom. The van der Waals surface area contributed by atoms with Crippen LogP contribution in [0.4, 0.5) is 0 Å². The fourth-order valence-electron chi connectivity index (χ4n) is 6.06. The van der Waals surface area contributed by atoms with Gasteiger partial charge < -0.3 is 0 Å². The third-order valence-electron chi connectivity index (χ3n) is 7.42. The van der Waals surface area contributed by atoms with Gasteiger partial charge in [0.05, 0.1) is 0 Å². The molecule has 0 spiro atoms. The Morgan fingerprint density at radius 2 is 1.12 bits per heavy atom. The number of carbonyl (C=O) groups is 2. The summed E-state index contributed by atoms with van der Waals surface area (Å²) in [4.78, 5) is 24.0. The summed E-state index contributed by atoms with van der Waals surface area (Å²) < 4.78 is 0. The van der Waals surface area contributed by atoms with Crippen LogP contribution in [0.1, 0.15) is 65.2 Å². The highest BCUT2D eigenvalue weighted by Crippen LogP contribution is 2.49. The third-order valence-corrected chi connectivity index (χ3v) is 7.42. The van der Waals surface area contributed by atoms with Crippen molar-refractivity contribution in [1.29, 1.82) is 0 Å². The smallest absolute Gasteiger partial charge is 0.262 e. The first kappa shape index (κ1) is 17.7. The molecule has 4 aliphatic rings. The standard InChI is InChI=1S/C20H30N4O2/c1-11(17-9-13-3-5-15(17)7-13)21-23-19(25)20(26)24-22-12(2)18-10-14-4-6-16(18)8-14/h13-18H,3-10H2,1-2H3,(H,23,25)(H,24,26). The Hall–Kier alpha value is -1.72. The predicted octanol–water partition coefficient (Wildman–Crippen LogP) is 2.84. The van der Waals surface area contributed by atoms with Gasteiger partial charge in [0, 0.05) is 23.3 Å². The lowest BCUT2D eigenvalue weighted by Gasteiger charge is -2.21. The lowest BCUT2D eigenvalue weighted by Crippen LogP contribution is -2.37. The summed E-state index contributed by atoms with van der Waals surface area (Å²) in [5.41, 5.74) is 6.70. The molecular formula is C20H30N4O2. The highest BCUT2D eigenvalue weighted by molar-refractivity contribution is 6.35. The number of hydrazone groups is 2. The highest BCUT2D eigenvalue weighted by Gasteiger charge is 2.41. The van der Waals surface area contributed by atoms with Gasteiger partial charge in [-0.15, -0.1) is 0 Å². The van der Waals surface area contributed by atoms with E-state index in [2.05, 4.69) is 21.1 Å². The number of fused-ring (bicyclic) bond motifs is 4. The van der Waals surface area contributed by atoms with Gasteiger partial charge in [0.2, 0.25) is 0 Å².